The van der Waals surface area contributed by atoms with Crippen LogP contribution in [0, 0.1) is 0 Å². The van der Waals surface area contributed by atoms with Crippen molar-refractivity contribution in [2.75, 3.05) is 12.3 Å². The van der Waals surface area contributed by atoms with Gasteiger partial charge in [0.25, 0.3) is 0 Å². The summed E-state index contributed by atoms with van der Waals surface area (Å²) in [4.78, 5) is 15.6. The molecule has 0 atom stereocenters. The molecule has 6 heteroatoms. The van der Waals surface area contributed by atoms with Crippen molar-refractivity contribution in [1.29, 1.82) is 0 Å². The van der Waals surface area contributed by atoms with Crippen molar-refractivity contribution in [3.63, 3.8) is 0 Å². The minimum absolute atomic E-state index is 0.273. The molecule has 0 radical (unpaired) electrons. The molecule has 0 aliphatic carbocycles. The highest BCUT2D eigenvalue weighted by Crippen LogP contribution is 2.29. The van der Waals surface area contributed by atoms with Crippen LogP contribution in [0.3, 0.4) is 0 Å². The number of benzene rings is 1. The van der Waals surface area contributed by atoms with Gasteiger partial charge in [0.05, 0.1) is 12.2 Å². The van der Waals surface area contributed by atoms with Crippen LogP contribution in [0.25, 0.3) is 0 Å². The van der Waals surface area contributed by atoms with E-state index in [2.05, 4.69) is 20.9 Å². The molecular weight excluding hydrogens is 324 g/mol. The van der Waals surface area contributed by atoms with E-state index in [4.69, 9.17) is 15.2 Å². The summed E-state index contributed by atoms with van der Waals surface area (Å²) in [5.74, 6) is 0.788. The normalized spacial score (nSPS) is 10.1. The van der Waals surface area contributed by atoms with Crippen LogP contribution in [-0.4, -0.2) is 17.6 Å². The van der Waals surface area contributed by atoms with E-state index >= 15 is 0 Å². The summed E-state index contributed by atoms with van der Waals surface area (Å²) >= 11 is 3.30. The first kappa shape index (κ1) is 14.3. The molecule has 0 amide bonds. The summed E-state index contributed by atoms with van der Waals surface area (Å²) in [6, 6.07) is 8.40. The molecule has 0 spiro atoms. The number of pyridine rings is 1. The van der Waals surface area contributed by atoms with Crippen molar-refractivity contribution in [2.24, 2.45) is 0 Å². The first-order valence-electron chi connectivity index (χ1n) is 5.96. The van der Waals surface area contributed by atoms with Gasteiger partial charge >= 0.3 is 5.97 Å². The average Bonchev–Trinajstić information content (AvgIpc) is 2.43. The molecule has 0 fully saturated rings. The summed E-state index contributed by atoms with van der Waals surface area (Å²) in [5.41, 5.74) is 6.16. The molecule has 0 aliphatic heterocycles. The van der Waals surface area contributed by atoms with Crippen molar-refractivity contribution in [2.45, 2.75) is 6.92 Å². The lowest BCUT2D eigenvalue weighted by Crippen LogP contribution is -2.04. The van der Waals surface area contributed by atoms with Crippen LogP contribution in [0.1, 0.15) is 17.3 Å². The van der Waals surface area contributed by atoms with Crippen molar-refractivity contribution in [3.05, 3.63) is 46.6 Å². The Morgan fingerprint density at radius 1 is 1.40 bits per heavy atom. The van der Waals surface area contributed by atoms with E-state index in [0.717, 1.165) is 4.47 Å². The summed E-state index contributed by atoms with van der Waals surface area (Å²) in [5, 5.41) is 0. The minimum Gasteiger partial charge on any atom is -0.462 e. The number of carbonyl (C=O) groups is 1. The smallest absolute Gasteiger partial charge is 0.338 e. The number of hydrogen-bond donors (Lipinski definition) is 1. The van der Waals surface area contributed by atoms with E-state index in [1.807, 2.05) is 0 Å². The number of anilines is 1. The number of nitrogens with zero attached hydrogens (tertiary/aromatic N) is 1. The second-order valence-electron chi connectivity index (χ2n) is 3.89. The third-order valence-corrected chi connectivity index (χ3v) is 2.86. The number of carbonyl (C=O) groups excluding carboxylic acids is 1. The Kier molecular flexibility index (Phi) is 4.57. The molecule has 2 rings (SSSR count). The summed E-state index contributed by atoms with van der Waals surface area (Å²) < 4.78 is 11.3. The molecule has 20 heavy (non-hydrogen) atoms. The maximum Gasteiger partial charge on any atom is 0.338 e. The molecule has 0 saturated heterocycles. The fourth-order valence-electron chi connectivity index (χ4n) is 1.54. The van der Waals surface area contributed by atoms with Gasteiger partial charge in [-0.05, 0) is 41.1 Å². The van der Waals surface area contributed by atoms with E-state index in [-0.39, 0.29) is 5.82 Å². The molecule has 0 bridgehead atoms. The molecule has 0 unspecified atom stereocenters. The van der Waals surface area contributed by atoms with Gasteiger partial charge in [-0.15, -0.1) is 0 Å². The maximum absolute atomic E-state index is 11.6. The predicted molar refractivity (Wildman–Crippen MR) is 78.8 cm³/mol. The van der Waals surface area contributed by atoms with Crippen LogP contribution in [0.4, 0.5) is 5.82 Å². The van der Waals surface area contributed by atoms with Crippen LogP contribution in [0.15, 0.2) is 41.0 Å². The highest BCUT2D eigenvalue weighted by atomic mass is 79.9. The predicted octanol–water partition coefficient (Wildman–Crippen LogP) is 3.40. The Hall–Kier alpha value is -2.08. The van der Waals surface area contributed by atoms with Gasteiger partial charge in [0.15, 0.2) is 11.6 Å². The zero-order chi connectivity index (χ0) is 14.5. The average molecular weight is 337 g/mol. The van der Waals surface area contributed by atoms with Gasteiger partial charge in [-0.3, -0.25) is 0 Å². The van der Waals surface area contributed by atoms with Crippen LogP contribution in [0.2, 0.25) is 0 Å². The fraction of sp³-hybridized carbons (Fsp3) is 0.143. The van der Waals surface area contributed by atoms with Crippen molar-refractivity contribution in [1.82, 2.24) is 4.98 Å². The Bertz CT molecular complexity index is 632. The van der Waals surface area contributed by atoms with Gasteiger partial charge in [0.1, 0.15) is 5.75 Å². The highest BCUT2D eigenvalue weighted by molar-refractivity contribution is 9.10. The largest absolute Gasteiger partial charge is 0.462 e. The summed E-state index contributed by atoms with van der Waals surface area (Å²) in [7, 11) is 0. The Morgan fingerprint density at radius 2 is 2.20 bits per heavy atom. The number of nitrogens with two attached hydrogens (primary N) is 1. The number of rotatable bonds is 4. The first-order chi connectivity index (χ1) is 9.60. The topological polar surface area (TPSA) is 74.4 Å². The fourth-order valence-corrected chi connectivity index (χ4v) is 1.85. The maximum atomic E-state index is 11.6. The zero-order valence-electron chi connectivity index (χ0n) is 10.8. The van der Waals surface area contributed by atoms with Gasteiger partial charge in [-0.25, -0.2) is 9.78 Å². The minimum atomic E-state index is -0.390. The highest BCUT2D eigenvalue weighted by Gasteiger charge is 2.09. The van der Waals surface area contributed by atoms with Crippen LogP contribution < -0.4 is 10.5 Å². The van der Waals surface area contributed by atoms with Crippen molar-refractivity contribution in [3.8, 4) is 11.5 Å². The molecule has 0 aliphatic rings. The Morgan fingerprint density at radius 3 is 2.95 bits per heavy atom. The second-order valence-corrected chi connectivity index (χ2v) is 4.80. The zero-order valence-corrected chi connectivity index (χ0v) is 12.4. The number of esters is 1. The number of hydrogen-bond acceptors (Lipinski definition) is 5. The van der Waals surface area contributed by atoms with E-state index in [0.29, 0.717) is 23.7 Å². The van der Waals surface area contributed by atoms with Crippen LogP contribution in [-0.2, 0) is 4.74 Å². The standard InChI is InChI=1S/C14H13BrN2O3/c1-2-19-14(18)9-4-3-5-11(6-9)20-12-7-10(15)8-17-13(12)16/h3-8H,2H2,1H3,(H2,16,17). The van der Waals surface area contributed by atoms with Crippen LogP contribution in [0.5, 0.6) is 11.5 Å². The van der Waals surface area contributed by atoms with Crippen molar-refractivity contribution >= 4 is 27.7 Å². The molecule has 104 valence electrons. The molecule has 5 nitrogen and oxygen atoms in total. The number of halogens is 1. The van der Waals surface area contributed by atoms with Crippen molar-refractivity contribution < 1.29 is 14.3 Å². The quantitative estimate of drug-likeness (QED) is 0.866. The molecule has 1 heterocycles. The molecule has 1 aromatic carbocycles. The van der Waals surface area contributed by atoms with Gasteiger partial charge in [0.2, 0.25) is 0 Å². The van der Waals surface area contributed by atoms with Gasteiger partial charge < -0.3 is 15.2 Å². The lowest BCUT2D eigenvalue weighted by Gasteiger charge is -2.09. The third kappa shape index (κ3) is 3.48. The molecule has 0 saturated carbocycles. The Labute approximate surface area is 124 Å². The number of aromatic nitrogens is 1. The SMILES string of the molecule is CCOC(=O)c1cccc(Oc2cc(Br)cnc2N)c1. The lowest BCUT2D eigenvalue weighted by atomic mass is 10.2. The molecule has 1 aromatic heterocycles. The first-order valence-corrected chi connectivity index (χ1v) is 6.75. The molecule has 2 aromatic rings. The number of ether oxygens (including phenoxy) is 2. The van der Waals surface area contributed by atoms with E-state index < -0.39 is 5.97 Å². The van der Waals surface area contributed by atoms with Gasteiger partial charge in [-0.2, -0.15) is 0 Å². The Balaban J connectivity index is 2.23. The van der Waals surface area contributed by atoms with E-state index in [1.165, 1.54) is 0 Å². The molecular formula is C14H13BrN2O3. The lowest BCUT2D eigenvalue weighted by molar-refractivity contribution is 0.0526. The third-order valence-electron chi connectivity index (χ3n) is 2.42. The van der Waals surface area contributed by atoms with Gasteiger partial charge in [0, 0.05) is 16.7 Å². The van der Waals surface area contributed by atoms with E-state index in [1.54, 1.807) is 43.5 Å². The van der Waals surface area contributed by atoms with Crippen LogP contribution >= 0.6 is 15.9 Å². The monoisotopic (exact) mass is 336 g/mol. The van der Waals surface area contributed by atoms with E-state index in [9.17, 15) is 4.79 Å². The van der Waals surface area contributed by atoms with Gasteiger partial charge in [-0.1, -0.05) is 6.07 Å². The summed E-state index contributed by atoms with van der Waals surface area (Å²) in [6.07, 6.45) is 1.58. The molecule has 2 N–H and O–H groups in total. The summed E-state index contributed by atoms with van der Waals surface area (Å²) in [6.45, 7) is 2.08. The second kappa shape index (κ2) is 6.38. The number of nitrogen functional groups attached to an aromatic ring is 1.